The zero-order valence-corrected chi connectivity index (χ0v) is 9.11. The maximum atomic E-state index is 9.88. The van der Waals surface area contributed by atoms with Crippen LogP contribution in [0.15, 0.2) is 29.4 Å². The summed E-state index contributed by atoms with van der Waals surface area (Å²) in [5, 5.41) is 22.9. The van der Waals surface area contributed by atoms with Gasteiger partial charge in [0.1, 0.15) is 6.10 Å². The number of hydrogen-bond donors (Lipinski definition) is 2. The minimum absolute atomic E-state index is 0.181. The van der Waals surface area contributed by atoms with Gasteiger partial charge in [-0.25, -0.2) is 0 Å². The molecule has 2 unspecified atom stereocenters. The highest BCUT2D eigenvalue weighted by molar-refractivity contribution is 5.28. The lowest BCUT2D eigenvalue weighted by Crippen LogP contribution is -2.19. The van der Waals surface area contributed by atoms with Gasteiger partial charge in [0.05, 0.1) is 6.10 Å². The van der Waals surface area contributed by atoms with E-state index in [0.717, 1.165) is 5.56 Å². The molecule has 0 aliphatic rings. The Hall–Kier alpha value is -1.55. The zero-order valence-electron chi connectivity index (χ0n) is 9.11. The van der Waals surface area contributed by atoms with Gasteiger partial charge in [0, 0.05) is 11.5 Å². The Bertz CT molecular complexity index is 389. The molecular formula is C11H15N3O2. The molecule has 86 valence electrons. The van der Waals surface area contributed by atoms with Crippen LogP contribution in [0.1, 0.15) is 23.7 Å². The second kappa shape index (κ2) is 6.12. The number of benzene rings is 1. The van der Waals surface area contributed by atoms with Gasteiger partial charge in [-0.3, -0.25) is 0 Å². The fraction of sp³-hybridized carbons (Fsp3) is 0.455. The summed E-state index contributed by atoms with van der Waals surface area (Å²) in [6.45, 7) is 2.05. The van der Waals surface area contributed by atoms with Crippen LogP contribution >= 0.6 is 0 Å². The predicted molar refractivity (Wildman–Crippen MR) is 60.8 cm³/mol. The molecule has 0 saturated heterocycles. The molecule has 1 aromatic rings. The maximum Gasteiger partial charge on any atom is 0.105 e. The van der Waals surface area contributed by atoms with Crippen molar-refractivity contribution in [2.24, 2.45) is 5.11 Å². The zero-order chi connectivity index (χ0) is 12.0. The van der Waals surface area contributed by atoms with Crippen molar-refractivity contribution in [2.45, 2.75) is 25.6 Å². The molecule has 5 heteroatoms. The second-order valence-corrected chi connectivity index (χ2v) is 3.61. The van der Waals surface area contributed by atoms with Gasteiger partial charge in [-0.2, -0.15) is 0 Å². The van der Waals surface area contributed by atoms with Crippen molar-refractivity contribution < 1.29 is 10.2 Å². The van der Waals surface area contributed by atoms with E-state index in [0.29, 0.717) is 5.56 Å². The van der Waals surface area contributed by atoms with E-state index in [1.165, 1.54) is 0 Å². The molecule has 0 radical (unpaired) electrons. The van der Waals surface area contributed by atoms with Gasteiger partial charge in [-0.05, 0) is 30.0 Å². The Morgan fingerprint density at radius 1 is 1.38 bits per heavy atom. The molecule has 1 rings (SSSR count). The standard InChI is InChI=1S/C11H15N3O2/c1-8-4-2-3-5-9(8)11(16)10(15)6-7-13-14-12/h2-5,10-11,15-16H,6-7H2,1H3. The molecule has 16 heavy (non-hydrogen) atoms. The molecule has 0 saturated carbocycles. The maximum absolute atomic E-state index is 9.88. The molecule has 2 atom stereocenters. The fourth-order valence-corrected chi connectivity index (χ4v) is 1.52. The smallest absolute Gasteiger partial charge is 0.105 e. The number of aryl methyl sites for hydroxylation is 1. The Kier molecular flexibility index (Phi) is 4.79. The third kappa shape index (κ3) is 3.24. The van der Waals surface area contributed by atoms with Gasteiger partial charge >= 0.3 is 0 Å². The third-order valence-corrected chi connectivity index (χ3v) is 2.46. The van der Waals surface area contributed by atoms with E-state index >= 15 is 0 Å². The Balaban J connectivity index is 2.66. The molecule has 0 heterocycles. The first-order valence-electron chi connectivity index (χ1n) is 5.09. The monoisotopic (exact) mass is 221 g/mol. The normalized spacial score (nSPS) is 13.9. The van der Waals surface area contributed by atoms with Crippen LogP contribution in [0.4, 0.5) is 0 Å². The Morgan fingerprint density at radius 2 is 2.06 bits per heavy atom. The summed E-state index contributed by atoms with van der Waals surface area (Å²) in [6.07, 6.45) is -1.60. The van der Waals surface area contributed by atoms with Crippen LogP contribution in [0.5, 0.6) is 0 Å². The molecule has 0 aromatic heterocycles. The largest absolute Gasteiger partial charge is 0.390 e. The predicted octanol–water partition coefficient (Wildman–Crippen LogP) is 2.09. The van der Waals surface area contributed by atoms with Crippen LogP contribution in [0.2, 0.25) is 0 Å². The molecule has 2 N–H and O–H groups in total. The summed E-state index contributed by atoms with van der Waals surface area (Å²) < 4.78 is 0. The van der Waals surface area contributed by atoms with Crippen molar-refractivity contribution in [2.75, 3.05) is 6.54 Å². The average Bonchev–Trinajstić information content (AvgIpc) is 2.29. The number of aliphatic hydroxyl groups is 2. The topological polar surface area (TPSA) is 89.2 Å². The number of rotatable bonds is 5. The second-order valence-electron chi connectivity index (χ2n) is 3.61. The van der Waals surface area contributed by atoms with Gasteiger partial charge in [-0.15, -0.1) is 0 Å². The van der Waals surface area contributed by atoms with Crippen LogP contribution in [-0.2, 0) is 0 Å². The van der Waals surface area contributed by atoms with Gasteiger partial charge in [-0.1, -0.05) is 29.4 Å². The first kappa shape index (κ1) is 12.5. The van der Waals surface area contributed by atoms with Crippen molar-refractivity contribution in [3.63, 3.8) is 0 Å². The highest BCUT2D eigenvalue weighted by Crippen LogP contribution is 2.21. The molecule has 0 bridgehead atoms. The minimum Gasteiger partial charge on any atom is -0.390 e. The summed E-state index contributed by atoms with van der Waals surface area (Å²) in [5.74, 6) is 0. The summed E-state index contributed by atoms with van der Waals surface area (Å²) in [6, 6.07) is 7.33. The quantitative estimate of drug-likeness (QED) is 0.453. The fourth-order valence-electron chi connectivity index (χ4n) is 1.52. The molecular weight excluding hydrogens is 206 g/mol. The minimum atomic E-state index is -0.935. The van der Waals surface area contributed by atoms with Gasteiger partial charge in [0.25, 0.3) is 0 Å². The van der Waals surface area contributed by atoms with E-state index in [4.69, 9.17) is 5.53 Å². The lowest BCUT2D eigenvalue weighted by Gasteiger charge is -2.19. The van der Waals surface area contributed by atoms with Crippen LogP contribution in [0, 0.1) is 6.92 Å². The van der Waals surface area contributed by atoms with Gasteiger partial charge < -0.3 is 10.2 Å². The molecule has 5 nitrogen and oxygen atoms in total. The Labute approximate surface area is 94.0 Å². The van der Waals surface area contributed by atoms with E-state index < -0.39 is 12.2 Å². The van der Waals surface area contributed by atoms with E-state index in [1.807, 2.05) is 25.1 Å². The molecule has 0 amide bonds. The molecule has 0 fully saturated rings. The highest BCUT2D eigenvalue weighted by Gasteiger charge is 2.18. The van der Waals surface area contributed by atoms with Crippen molar-refractivity contribution in [1.29, 1.82) is 0 Å². The average molecular weight is 221 g/mol. The van der Waals surface area contributed by atoms with Crippen molar-refractivity contribution >= 4 is 0 Å². The van der Waals surface area contributed by atoms with Crippen LogP contribution in [0.3, 0.4) is 0 Å². The van der Waals surface area contributed by atoms with Crippen molar-refractivity contribution in [1.82, 2.24) is 0 Å². The van der Waals surface area contributed by atoms with Gasteiger partial charge in [0.15, 0.2) is 0 Å². The summed E-state index contributed by atoms with van der Waals surface area (Å²) in [7, 11) is 0. The first-order valence-corrected chi connectivity index (χ1v) is 5.09. The summed E-state index contributed by atoms with van der Waals surface area (Å²) in [5.41, 5.74) is 9.73. The number of hydrogen-bond acceptors (Lipinski definition) is 3. The van der Waals surface area contributed by atoms with E-state index in [1.54, 1.807) is 6.07 Å². The SMILES string of the molecule is Cc1ccccc1C(O)C(O)CCN=[N+]=[N-]. The third-order valence-electron chi connectivity index (χ3n) is 2.46. The summed E-state index contributed by atoms with van der Waals surface area (Å²) in [4.78, 5) is 2.59. The van der Waals surface area contributed by atoms with E-state index in [9.17, 15) is 10.2 Å². The lowest BCUT2D eigenvalue weighted by molar-refractivity contribution is 0.0147. The van der Waals surface area contributed by atoms with Gasteiger partial charge in [0.2, 0.25) is 0 Å². The van der Waals surface area contributed by atoms with Crippen LogP contribution in [-0.4, -0.2) is 22.9 Å². The summed E-state index contributed by atoms with van der Waals surface area (Å²) >= 11 is 0. The Morgan fingerprint density at radius 3 is 2.69 bits per heavy atom. The van der Waals surface area contributed by atoms with Crippen LogP contribution < -0.4 is 0 Å². The molecule has 0 aliphatic heterocycles. The highest BCUT2D eigenvalue weighted by atomic mass is 16.3. The van der Waals surface area contributed by atoms with Crippen molar-refractivity contribution in [3.8, 4) is 0 Å². The number of azide groups is 1. The van der Waals surface area contributed by atoms with Crippen molar-refractivity contribution in [3.05, 3.63) is 45.8 Å². The molecule has 0 aliphatic carbocycles. The van der Waals surface area contributed by atoms with E-state index in [2.05, 4.69) is 10.0 Å². The number of nitrogens with zero attached hydrogens (tertiary/aromatic N) is 3. The first-order chi connectivity index (χ1) is 7.66. The molecule has 0 spiro atoms. The van der Waals surface area contributed by atoms with Crippen LogP contribution in [0.25, 0.3) is 10.4 Å². The van der Waals surface area contributed by atoms with E-state index in [-0.39, 0.29) is 13.0 Å². The lowest BCUT2D eigenvalue weighted by atomic mass is 9.98. The number of aliphatic hydroxyl groups excluding tert-OH is 2. The molecule has 1 aromatic carbocycles.